The molecule has 1 aromatic carbocycles. The highest BCUT2D eigenvalue weighted by Crippen LogP contribution is 2.28. The maximum atomic E-state index is 2.38. The molecule has 0 bridgehead atoms. The van der Waals surface area contributed by atoms with Crippen molar-refractivity contribution in [3.05, 3.63) is 35.4 Å². The highest BCUT2D eigenvalue weighted by molar-refractivity contribution is 5.30. The van der Waals surface area contributed by atoms with Gasteiger partial charge in [-0.15, -0.1) is 0 Å². The zero-order valence-corrected chi connectivity index (χ0v) is 11.1. The summed E-state index contributed by atoms with van der Waals surface area (Å²) in [5.41, 5.74) is 3.20. The average molecular weight is 218 g/mol. The van der Waals surface area contributed by atoms with Gasteiger partial charge in [-0.2, -0.15) is 0 Å². The fourth-order valence-electron chi connectivity index (χ4n) is 2.52. The molecule has 0 aromatic heterocycles. The van der Waals surface area contributed by atoms with Crippen LogP contribution < -0.4 is 0 Å². The Morgan fingerprint density at radius 2 is 1.62 bits per heavy atom. The summed E-state index contributed by atoms with van der Waals surface area (Å²) in [7, 11) is 0. The van der Waals surface area contributed by atoms with E-state index in [2.05, 4.69) is 31.2 Å². The van der Waals surface area contributed by atoms with Gasteiger partial charge in [-0.3, -0.25) is 0 Å². The predicted octanol–water partition coefficient (Wildman–Crippen LogP) is 5.32. The number of benzene rings is 1. The van der Waals surface area contributed by atoms with Gasteiger partial charge in [0.25, 0.3) is 0 Å². The van der Waals surface area contributed by atoms with Crippen molar-refractivity contribution in [3.63, 3.8) is 0 Å². The molecule has 0 heterocycles. The Bertz CT molecular complexity index is 288. The molecule has 0 radical (unpaired) electrons. The second-order valence-corrected chi connectivity index (χ2v) is 4.55. The average Bonchev–Trinajstić information content (AvgIpc) is 2.44. The summed E-state index contributed by atoms with van der Waals surface area (Å²) in [5, 5.41) is 0. The summed E-state index contributed by atoms with van der Waals surface area (Å²) in [5.74, 6) is 0.768. The molecule has 1 unspecified atom stereocenters. The van der Waals surface area contributed by atoms with Gasteiger partial charge in [-0.1, -0.05) is 64.3 Å². The van der Waals surface area contributed by atoms with Crippen molar-refractivity contribution >= 4 is 0 Å². The zero-order valence-electron chi connectivity index (χ0n) is 11.1. The number of hydrogen-bond donors (Lipinski definition) is 0. The van der Waals surface area contributed by atoms with E-state index in [1.807, 2.05) is 13.8 Å². The van der Waals surface area contributed by atoms with Gasteiger partial charge in [0.2, 0.25) is 0 Å². The first-order valence-electron chi connectivity index (χ1n) is 6.96. The second kappa shape index (κ2) is 7.49. The number of fused-ring (bicyclic) bond motifs is 1. The molecule has 1 atom stereocenters. The van der Waals surface area contributed by atoms with E-state index in [0.717, 1.165) is 5.92 Å². The van der Waals surface area contributed by atoms with Gasteiger partial charge >= 0.3 is 0 Å². The van der Waals surface area contributed by atoms with Crippen LogP contribution in [0, 0.1) is 0 Å². The van der Waals surface area contributed by atoms with E-state index < -0.39 is 0 Å². The van der Waals surface area contributed by atoms with Crippen molar-refractivity contribution in [1.82, 2.24) is 0 Å². The monoisotopic (exact) mass is 218 g/mol. The molecule has 1 aliphatic rings. The molecule has 0 saturated carbocycles. The van der Waals surface area contributed by atoms with Crippen LogP contribution in [0.3, 0.4) is 0 Å². The smallest absolute Gasteiger partial charge is 0.0188 e. The van der Waals surface area contributed by atoms with Crippen LogP contribution in [0.4, 0.5) is 0 Å². The van der Waals surface area contributed by atoms with E-state index in [4.69, 9.17) is 0 Å². The first-order chi connectivity index (χ1) is 7.88. The Labute approximate surface area is 101 Å². The van der Waals surface area contributed by atoms with Crippen LogP contribution >= 0.6 is 0 Å². The quantitative estimate of drug-likeness (QED) is 0.552. The van der Waals surface area contributed by atoms with E-state index in [1.54, 1.807) is 11.1 Å². The van der Waals surface area contributed by atoms with Crippen LogP contribution in [-0.4, -0.2) is 0 Å². The molecule has 0 aliphatic heterocycles. The van der Waals surface area contributed by atoms with Crippen molar-refractivity contribution in [1.29, 1.82) is 0 Å². The highest BCUT2D eigenvalue weighted by Gasteiger charge is 2.11. The standard InChI is InChI=1S/C14H20.C2H6/c1-12-8-4-2-3-5-9-13-10-6-7-11-14(12)13;1-2/h6-7,10-12H,2-5,8-9H2,1H3;1-2H3. The number of rotatable bonds is 0. The summed E-state index contributed by atoms with van der Waals surface area (Å²) < 4.78 is 0. The molecule has 0 nitrogen and oxygen atoms in total. The van der Waals surface area contributed by atoms with E-state index in [-0.39, 0.29) is 0 Å². The van der Waals surface area contributed by atoms with Crippen LogP contribution in [0.5, 0.6) is 0 Å². The molecular weight excluding hydrogens is 192 g/mol. The summed E-state index contributed by atoms with van der Waals surface area (Å²) in [6, 6.07) is 9.01. The Morgan fingerprint density at radius 1 is 0.938 bits per heavy atom. The molecule has 90 valence electrons. The predicted molar refractivity (Wildman–Crippen MR) is 73.0 cm³/mol. The third kappa shape index (κ3) is 3.66. The van der Waals surface area contributed by atoms with Gasteiger partial charge in [0.1, 0.15) is 0 Å². The largest absolute Gasteiger partial charge is 0.0683 e. The zero-order chi connectivity index (χ0) is 11.8. The second-order valence-electron chi connectivity index (χ2n) is 4.55. The van der Waals surface area contributed by atoms with E-state index in [0.29, 0.717) is 0 Å². The Hall–Kier alpha value is -0.780. The van der Waals surface area contributed by atoms with Crippen LogP contribution in [-0.2, 0) is 6.42 Å². The molecule has 0 amide bonds. The summed E-state index contributed by atoms with van der Waals surface area (Å²) in [6.45, 7) is 6.38. The van der Waals surface area contributed by atoms with Gasteiger partial charge < -0.3 is 0 Å². The van der Waals surface area contributed by atoms with E-state index >= 15 is 0 Å². The van der Waals surface area contributed by atoms with E-state index in [9.17, 15) is 0 Å². The van der Waals surface area contributed by atoms with Crippen molar-refractivity contribution in [2.45, 2.75) is 65.2 Å². The lowest BCUT2D eigenvalue weighted by atomic mass is 9.91. The summed E-state index contributed by atoms with van der Waals surface area (Å²) in [4.78, 5) is 0. The minimum atomic E-state index is 0.768. The Kier molecular flexibility index (Phi) is 6.22. The molecule has 1 aromatic rings. The number of aryl methyl sites for hydroxylation is 1. The molecule has 1 aliphatic carbocycles. The highest BCUT2D eigenvalue weighted by atomic mass is 14.2. The van der Waals surface area contributed by atoms with Gasteiger partial charge in [0.05, 0.1) is 0 Å². The van der Waals surface area contributed by atoms with Crippen molar-refractivity contribution in [2.24, 2.45) is 0 Å². The molecule has 0 spiro atoms. The molecule has 0 saturated heterocycles. The lowest BCUT2D eigenvalue weighted by Crippen LogP contribution is -1.97. The van der Waals surface area contributed by atoms with Gasteiger partial charge in [-0.25, -0.2) is 0 Å². The maximum absolute atomic E-state index is 2.38. The molecular formula is C16H26. The fraction of sp³-hybridized carbons (Fsp3) is 0.625. The van der Waals surface area contributed by atoms with Gasteiger partial charge in [0.15, 0.2) is 0 Å². The topological polar surface area (TPSA) is 0 Å². The Morgan fingerprint density at radius 3 is 2.44 bits per heavy atom. The number of hydrogen-bond acceptors (Lipinski definition) is 0. The van der Waals surface area contributed by atoms with Gasteiger partial charge in [-0.05, 0) is 36.3 Å². The molecule has 0 fully saturated rings. The maximum Gasteiger partial charge on any atom is -0.0188 e. The normalized spacial score (nSPS) is 20.6. The minimum Gasteiger partial charge on any atom is -0.0683 e. The summed E-state index contributed by atoms with van der Waals surface area (Å²) >= 11 is 0. The SMILES string of the molecule is CC.CC1CCCCCCc2ccccc21. The third-order valence-electron chi connectivity index (χ3n) is 3.42. The van der Waals surface area contributed by atoms with E-state index in [1.165, 1.54) is 38.5 Å². The molecule has 2 rings (SSSR count). The first-order valence-corrected chi connectivity index (χ1v) is 6.96. The van der Waals surface area contributed by atoms with Crippen molar-refractivity contribution in [2.75, 3.05) is 0 Å². The van der Waals surface area contributed by atoms with Crippen LogP contribution in [0.1, 0.15) is 69.9 Å². The Balaban J connectivity index is 0.000000606. The summed E-state index contributed by atoms with van der Waals surface area (Å²) in [6.07, 6.45) is 8.30. The van der Waals surface area contributed by atoms with Crippen molar-refractivity contribution < 1.29 is 0 Å². The van der Waals surface area contributed by atoms with Crippen LogP contribution in [0.15, 0.2) is 24.3 Å². The fourth-order valence-corrected chi connectivity index (χ4v) is 2.52. The first kappa shape index (κ1) is 13.3. The van der Waals surface area contributed by atoms with Crippen LogP contribution in [0.25, 0.3) is 0 Å². The van der Waals surface area contributed by atoms with Crippen molar-refractivity contribution in [3.8, 4) is 0 Å². The van der Waals surface area contributed by atoms with Crippen LogP contribution in [0.2, 0.25) is 0 Å². The minimum absolute atomic E-state index is 0.768. The molecule has 16 heavy (non-hydrogen) atoms. The lowest BCUT2D eigenvalue weighted by Gasteiger charge is -2.14. The molecule has 0 heteroatoms. The third-order valence-corrected chi connectivity index (χ3v) is 3.42. The molecule has 0 N–H and O–H groups in total. The van der Waals surface area contributed by atoms with Gasteiger partial charge in [0, 0.05) is 0 Å². The lowest BCUT2D eigenvalue weighted by molar-refractivity contribution is 0.587.